The Kier molecular flexibility index (Phi) is 9.00. The molecule has 2 rings (SSSR count). The second-order valence-electron chi connectivity index (χ2n) is 6.47. The van der Waals surface area contributed by atoms with Crippen molar-refractivity contribution in [1.29, 1.82) is 0 Å². The van der Waals surface area contributed by atoms with Gasteiger partial charge in [-0.1, -0.05) is 18.2 Å². The fourth-order valence-electron chi connectivity index (χ4n) is 3.09. The van der Waals surface area contributed by atoms with Gasteiger partial charge >= 0.3 is 0 Å². The molecule has 0 spiro atoms. The summed E-state index contributed by atoms with van der Waals surface area (Å²) in [5.74, 6) is -0.0252. The minimum Gasteiger partial charge on any atom is -0.389 e. The number of methoxy groups -OCH3 is 2. The number of benzene rings is 1. The topological polar surface area (TPSA) is 71.5 Å². The molecular formula is C19H30N2O5. The number of β-amino-alcohol motifs (C(OH)–C–C–N with tert-alkyl or cyclic N) is 1. The summed E-state index contributed by atoms with van der Waals surface area (Å²) < 4.78 is 16.0. The van der Waals surface area contributed by atoms with E-state index in [0.29, 0.717) is 51.6 Å². The van der Waals surface area contributed by atoms with Gasteiger partial charge < -0.3 is 24.2 Å². The minimum atomic E-state index is -0.519. The first-order valence-corrected chi connectivity index (χ1v) is 8.98. The molecule has 0 aromatic heterocycles. The van der Waals surface area contributed by atoms with Crippen LogP contribution in [0.15, 0.2) is 30.3 Å². The van der Waals surface area contributed by atoms with Crippen molar-refractivity contribution < 1.29 is 24.1 Å². The van der Waals surface area contributed by atoms with Gasteiger partial charge in [0.25, 0.3) is 5.91 Å². The molecule has 1 N–H and O–H groups in total. The normalized spacial score (nSPS) is 19.3. The molecule has 7 nitrogen and oxygen atoms in total. The van der Waals surface area contributed by atoms with Crippen molar-refractivity contribution in [2.45, 2.75) is 12.2 Å². The zero-order valence-electron chi connectivity index (χ0n) is 15.7. The molecule has 0 aliphatic carbocycles. The van der Waals surface area contributed by atoms with Gasteiger partial charge in [0.05, 0.1) is 32.0 Å². The highest BCUT2D eigenvalue weighted by atomic mass is 16.5. The molecule has 0 unspecified atom stereocenters. The molecule has 146 valence electrons. The standard InChI is InChI=1S/C19H30N2O5/c1-24-10-9-21(19(23)16-6-4-3-5-7-16)14-18-13-20(8-11-26-18)12-17(22)15-25-2/h3-7,17-18,22H,8-15H2,1-2H3/t17-,18+/m0/s1. The van der Waals surface area contributed by atoms with Crippen LogP contribution in [0.2, 0.25) is 0 Å². The average Bonchev–Trinajstić information content (AvgIpc) is 2.65. The number of morpholine rings is 1. The molecule has 1 aromatic carbocycles. The van der Waals surface area contributed by atoms with E-state index >= 15 is 0 Å². The first-order chi connectivity index (χ1) is 12.6. The minimum absolute atomic E-state index is 0.0252. The van der Waals surface area contributed by atoms with Gasteiger partial charge in [0.1, 0.15) is 0 Å². The van der Waals surface area contributed by atoms with E-state index in [0.717, 1.165) is 6.54 Å². The number of aliphatic hydroxyl groups is 1. The predicted molar refractivity (Wildman–Crippen MR) is 98.3 cm³/mol. The number of carbonyl (C=O) groups is 1. The molecule has 0 bridgehead atoms. The van der Waals surface area contributed by atoms with Crippen molar-refractivity contribution in [3.05, 3.63) is 35.9 Å². The lowest BCUT2D eigenvalue weighted by Gasteiger charge is -2.36. The highest BCUT2D eigenvalue weighted by Gasteiger charge is 2.26. The van der Waals surface area contributed by atoms with Crippen LogP contribution < -0.4 is 0 Å². The fraction of sp³-hybridized carbons (Fsp3) is 0.632. The van der Waals surface area contributed by atoms with E-state index in [1.54, 1.807) is 19.1 Å². The van der Waals surface area contributed by atoms with Crippen molar-refractivity contribution in [2.75, 3.05) is 66.8 Å². The van der Waals surface area contributed by atoms with Crippen molar-refractivity contribution in [1.82, 2.24) is 9.80 Å². The van der Waals surface area contributed by atoms with Crippen LogP contribution in [0.5, 0.6) is 0 Å². The van der Waals surface area contributed by atoms with Crippen LogP contribution in [0.4, 0.5) is 0 Å². The van der Waals surface area contributed by atoms with Crippen LogP contribution in [0.3, 0.4) is 0 Å². The van der Waals surface area contributed by atoms with E-state index in [1.165, 1.54) is 0 Å². The molecule has 1 aliphatic heterocycles. The third kappa shape index (κ3) is 6.66. The number of hydrogen-bond donors (Lipinski definition) is 1. The Morgan fingerprint density at radius 1 is 1.35 bits per heavy atom. The van der Waals surface area contributed by atoms with Gasteiger partial charge in [-0.05, 0) is 12.1 Å². The number of aliphatic hydroxyl groups excluding tert-OH is 1. The van der Waals surface area contributed by atoms with Crippen molar-refractivity contribution >= 4 is 5.91 Å². The monoisotopic (exact) mass is 366 g/mol. The van der Waals surface area contributed by atoms with E-state index in [4.69, 9.17) is 14.2 Å². The lowest BCUT2D eigenvalue weighted by Crippen LogP contribution is -2.51. The van der Waals surface area contributed by atoms with Gasteiger partial charge in [0.15, 0.2) is 0 Å². The number of ether oxygens (including phenoxy) is 3. The maximum Gasteiger partial charge on any atom is 0.254 e. The number of amides is 1. The molecule has 1 aliphatic rings. The molecule has 0 radical (unpaired) electrons. The smallest absolute Gasteiger partial charge is 0.254 e. The first kappa shape index (κ1) is 20.8. The van der Waals surface area contributed by atoms with Crippen LogP contribution in [-0.2, 0) is 14.2 Å². The van der Waals surface area contributed by atoms with E-state index in [-0.39, 0.29) is 12.0 Å². The quantitative estimate of drug-likeness (QED) is 0.650. The molecule has 2 atom stereocenters. The van der Waals surface area contributed by atoms with Crippen LogP contribution in [0.25, 0.3) is 0 Å². The lowest BCUT2D eigenvalue weighted by atomic mass is 10.1. The molecule has 1 amide bonds. The zero-order chi connectivity index (χ0) is 18.8. The average molecular weight is 366 g/mol. The Morgan fingerprint density at radius 2 is 2.12 bits per heavy atom. The number of rotatable bonds is 10. The summed E-state index contributed by atoms with van der Waals surface area (Å²) in [6.45, 7) is 4.36. The van der Waals surface area contributed by atoms with E-state index < -0.39 is 6.10 Å². The number of hydrogen-bond acceptors (Lipinski definition) is 6. The van der Waals surface area contributed by atoms with Crippen LogP contribution >= 0.6 is 0 Å². The zero-order valence-corrected chi connectivity index (χ0v) is 15.7. The third-order valence-corrected chi connectivity index (χ3v) is 4.35. The van der Waals surface area contributed by atoms with Gasteiger partial charge in [-0.15, -0.1) is 0 Å². The molecule has 1 fully saturated rings. The molecule has 26 heavy (non-hydrogen) atoms. The Balaban J connectivity index is 1.95. The largest absolute Gasteiger partial charge is 0.389 e. The summed E-state index contributed by atoms with van der Waals surface area (Å²) in [5, 5.41) is 9.93. The SMILES string of the molecule is COCCN(C[C@H]1CN(C[C@H](O)COC)CCO1)C(=O)c1ccccc1. The summed E-state index contributed by atoms with van der Waals surface area (Å²) in [6.07, 6.45) is -0.614. The highest BCUT2D eigenvalue weighted by molar-refractivity contribution is 5.94. The third-order valence-electron chi connectivity index (χ3n) is 4.35. The number of carbonyl (C=O) groups excluding carboxylic acids is 1. The summed E-state index contributed by atoms with van der Waals surface area (Å²) in [6, 6.07) is 9.24. The van der Waals surface area contributed by atoms with Crippen molar-refractivity contribution in [3.8, 4) is 0 Å². The second-order valence-corrected chi connectivity index (χ2v) is 6.47. The van der Waals surface area contributed by atoms with Gasteiger partial charge in [0, 0.05) is 52.5 Å². The fourth-order valence-corrected chi connectivity index (χ4v) is 3.09. The van der Waals surface area contributed by atoms with E-state index in [1.807, 2.05) is 30.3 Å². The maximum atomic E-state index is 12.8. The molecular weight excluding hydrogens is 336 g/mol. The van der Waals surface area contributed by atoms with Crippen molar-refractivity contribution in [2.24, 2.45) is 0 Å². The molecule has 0 saturated carbocycles. The van der Waals surface area contributed by atoms with E-state index in [9.17, 15) is 9.90 Å². The summed E-state index contributed by atoms with van der Waals surface area (Å²) in [4.78, 5) is 16.7. The van der Waals surface area contributed by atoms with E-state index in [2.05, 4.69) is 4.90 Å². The van der Waals surface area contributed by atoms with Crippen LogP contribution in [0, 0.1) is 0 Å². The van der Waals surface area contributed by atoms with Gasteiger partial charge in [-0.2, -0.15) is 0 Å². The second kappa shape index (κ2) is 11.3. The first-order valence-electron chi connectivity index (χ1n) is 8.98. The van der Waals surface area contributed by atoms with Gasteiger partial charge in [-0.25, -0.2) is 0 Å². The number of nitrogens with zero attached hydrogens (tertiary/aromatic N) is 2. The Bertz CT molecular complexity index is 528. The summed E-state index contributed by atoms with van der Waals surface area (Å²) in [7, 11) is 3.20. The Hall–Kier alpha value is -1.51. The molecule has 1 heterocycles. The van der Waals surface area contributed by atoms with Gasteiger partial charge in [0.2, 0.25) is 0 Å². The molecule has 1 saturated heterocycles. The van der Waals surface area contributed by atoms with Crippen molar-refractivity contribution in [3.63, 3.8) is 0 Å². The highest BCUT2D eigenvalue weighted by Crippen LogP contribution is 2.11. The maximum absolute atomic E-state index is 12.8. The summed E-state index contributed by atoms with van der Waals surface area (Å²) in [5.41, 5.74) is 0.659. The molecule has 1 aromatic rings. The van der Waals surface area contributed by atoms with Gasteiger partial charge in [-0.3, -0.25) is 9.69 Å². The lowest BCUT2D eigenvalue weighted by molar-refractivity contribution is -0.0573. The Labute approximate surface area is 155 Å². The Morgan fingerprint density at radius 3 is 2.81 bits per heavy atom. The van der Waals surface area contributed by atoms with Crippen LogP contribution in [0.1, 0.15) is 10.4 Å². The van der Waals surface area contributed by atoms with Crippen LogP contribution in [-0.4, -0.2) is 99.8 Å². The summed E-state index contributed by atoms with van der Waals surface area (Å²) >= 11 is 0. The molecule has 7 heteroatoms. The predicted octanol–water partition coefficient (Wildman–Crippen LogP) is 0.483.